The monoisotopic (exact) mass is 310 g/mol. The number of rotatable bonds is 2. The summed E-state index contributed by atoms with van der Waals surface area (Å²) in [6.45, 7) is 5.90. The topological polar surface area (TPSA) is 75.3 Å². The Morgan fingerprint density at radius 2 is 1.81 bits per heavy atom. The minimum atomic E-state index is -3.01. The molecule has 1 aliphatic rings. The van der Waals surface area contributed by atoms with Gasteiger partial charge in [0.05, 0.1) is 11.5 Å². The van der Waals surface area contributed by atoms with Crippen molar-refractivity contribution in [1.29, 1.82) is 0 Å². The predicted octanol–water partition coefficient (Wildman–Crippen LogP) is 2.31. The zero-order chi connectivity index (χ0) is 15.6. The van der Waals surface area contributed by atoms with Gasteiger partial charge in [-0.2, -0.15) is 0 Å². The summed E-state index contributed by atoms with van der Waals surface area (Å²) in [7, 11) is -3.01. The van der Waals surface area contributed by atoms with Gasteiger partial charge in [0.2, 0.25) is 0 Å². The first-order valence-electron chi connectivity index (χ1n) is 7.12. The molecule has 116 valence electrons. The van der Waals surface area contributed by atoms with Gasteiger partial charge in [-0.1, -0.05) is 17.7 Å². The normalized spacial score (nSPS) is 20.8. The van der Waals surface area contributed by atoms with Crippen LogP contribution in [0.3, 0.4) is 0 Å². The number of sulfone groups is 1. The van der Waals surface area contributed by atoms with Gasteiger partial charge in [-0.3, -0.25) is 0 Å². The second-order valence-electron chi connectivity index (χ2n) is 5.83. The summed E-state index contributed by atoms with van der Waals surface area (Å²) in [5.41, 5.74) is 3.93. The molecular formula is C15H22N2O3S. The third-order valence-corrected chi connectivity index (χ3v) is 5.53. The third-order valence-electron chi connectivity index (χ3n) is 3.71. The van der Waals surface area contributed by atoms with Crippen LogP contribution in [0.2, 0.25) is 0 Å². The molecule has 0 spiro atoms. The van der Waals surface area contributed by atoms with E-state index in [0.29, 0.717) is 12.8 Å². The van der Waals surface area contributed by atoms with Gasteiger partial charge in [-0.25, -0.2) is 13.2 Å². The van der Waals surface area contributed by atoms with Crippen LogP contribution in [0.25, 0.3) is 0 Å². The molecule has 1 aromatic carbocycles. The molecule has 0 aliphatic carbocycles. The number of anilines is 1. The molecule has 0 bridgehead atoms. The zero-order valence-corrected chi connectivity index (χ0v) is 13.5. The lowest BCUT2D eigenvalue weighted by Gasteiger charge is -2.23. The number of urea groups is 1. The van der Waals surface area contributed by atoms with Crippen molar-refractivity contribution < 1.29 is 13.2 Å². The Kier molecular flexibility index (Phi) is 4.56. The number of aryl methyl sites for hydroxylation is 3. The van der Waals surface area contributed by atoms with E-state index in [-0.39, 0.29) is 23.6 Å². The zero-order valence-electron chi connectivity index (χ0n) is 12.7. The number of benzene rings is 1. The molecule has 1 heterocycles. The van der Waals surface area contributed by atoms with E-state index in [0.717, 1.165) is 22.4 Å². The fourth-order valence-corrected chi connectivity index (χ4v) is 4.49. The van der Waals surface area contributed by atoms with Crippen LogP contribution >= 0.6 is 0 Å². The van der Waals surface area contributed by atoms with Gasteiger partial charge in [-0.05, 0) is 44.7 Å². The average Bonchev–Trinajstić information content (AvgIpc) is 2.32. The smallest absolute Gasteiger partial charge is 0.319 e. The SMILES string of the molecule is Cc1cc(C)c(NC(=O)N[C@@H]2CCCS(=O)(=O)C2)c(C)c1. The summed E-state index contributed by atoms with van der Waals surface area (Å²) >= 11 is 0. The molecule has 1 saturated heterocycles. The highest BCUT2D eigenvalue weighted by Crippen LogP contribution is 2.22. The Bertz CT molecular complexity index is 630. The molecule has 1 aliphatic heterocycles. The van der Waals surface area contributed by atoms with Crippen molar-refractivity contribution in [3.05, 3.63) is 28.8 Å². The Morgan fingerprint density at radius 1 is 1.19 bits per heavy atom. The van der Waals surface area contributed by atoms with Crippen molar-refractivity contribution in [1.82, 2.24) is 5.32 Å². The van der Waals surface area contributed by atoms with Gasteiger partial charge in [0.25, 0.3) is 0 Å². The molecule has 0 aromatic heterocycles. The molecule has 2 N–H and O–H groups in total. The Hall–Kier alpha value is -1.56. The van der Waals surface area contributed by atoms with Crippen molar-refractivity contribution in [2.75, 3.05) is 16.8 Å². The average molecular weight is 310 g/mol. The van der Waals surface area contributed by atoms with E-state index in [1.165, 1.54) is 0 Å². The molecule has 5 nitrogen and oxygen atoms in total. The maximum absolute atomic E-state index is 12.1. The van der Waals surface area contributed by atoms with E-state index >= 15 is 0 Å². The second-order valence-corrected chi connectivity index (χ2v) is 8.05. The van der Waals surface area contributed by atoms with E-state index in [9.17, 15) is 13.2 Å². The van der Waals surface area contributed by atoms with Crippen molar-refractivity contribution in [2.45, 2.75) is 39.7 Å². The van der Waals surface area contributed by atoms with E-state index in [2.05, 4.69) is 10.6 Å². The van der Waals surface area contributed by atoms with Crippen LogP contribution < -0.4 is 10.6 Å². The molecule has 0 unspecified atom stereocenters. The summed E-state index contributed by atoms with van der Waals surface area (Å²) in [6.07, 6.45) is 1.31. The van der Waals surface area contributed by atoms with Crippen molar-refractivity contribution in [3.63, 3.8) is 0 Å². The number of nitrogens with one attached hydrogen (secondary N) is 2. The minimum Gasteiger partial charge on any atom is -0.334 e. The van der Waals surface area contributed by atoms with E-state index in [1.54, 1.807) is 0 Å². The number of amides is 2. The molecule has 1 fully saturated rings. The van der Waals surface area contributed by atoms with Gasteiger partial charge in [-0.15, -0.1) is 0 Å². The lowest BCUT2D eigenvalue weighted by Crippen LogP contribution is -2.45. The Labute approximate surface area is 126 Å². The van der Waals surface area contributed by atoms with Gasteiger partial charge < -0.3 is 10.6 Å². The van der Waals surface area contributed by atoms with Crippen LogP contribution in [0.1, 0.15) is 29.5 Å². The van der Waals surface area contributed by atoms with Crippen LogP contribution in [0.15, 0.2) is 12.1 Å². The van der Waals surface area contributed by atoms with E-state index < -0.39 is 9.84 Å². The first-order valence-corrected chi connectivity index (χ1v) is 8.95. The summed E-state index contributed by atoms with van der Waals surface area (Å²) in [5.74, 6) is 0.259. The predicted molar refractivity (Wildman–Crippen MR) is 84.5 cm³/mol. The summed E-state index contributed by atoms with van der Waals surface area (Å²) in [5, 5.41) is 5.60. The molecule has 1 aromatic rings. The minimum absolute atomic E-state index is 0.0340. The number of carbonyl (C=O) groups excluding carboxylic acids is 1. The number of carbonyl (C=O) groups is 1. The van der Waals surface area contributed by atoms with Crippen molar-refractivity contribution >= 4 is 21.6 Å². The third kappa shape index (κ3) is 4.20. The molecule has 21 heavy (non-hydrogen) atoms. The van der Waals surface area contributed by atoms with E-state index in [1.807, 2.05) is 32.9 Å². The molecule has 0 radical (unpaired) electrons. The van der Waals surface area contributed by atoms with Gasteiger partial charge in [0, 0.05) is 11.7 Å². The fourth-order valence-electron chi connectivity index (χ4n) is 2.85. The standard InChI is InChI=1S/C15H22N2O3S/c1-10-7-11(2)14(12(3)8-10)17-15(18)16-13-5-4-6-21(19,20)9-13/h7-8,13H,4-6,9H2,1-3H3,(H2,16,17,18)/t13-/m1/s1. The molecule has 6 heteroatoms. The number of hydrogen-bond donors (Lipinski definition) is 2. The molecule has 2 amide bonds. The molecular weight excluding hydrogens is 288 g/mol. The van der Waals surface area contributed by atoms with Crippen molar-refractivity contribution in [2.24, 2.45) is 0 Å². The van der Waals surface area contributed by atoms with Gasteiger partial charge in [0.1, 0.15) is 0 Å². The Morgan fingerprint density at radius 3 is 2.38 bits per heavy atom. The highest BCUT2D eigenvalue weighted by atomic mass is 32.2. The van der Waals surface area contributed by atoms with Crippen LogP contribution in [0.5, 0.6) is 0 Å². The highest BCUT2D eigenvalue weighted by molar-refractivity contribution is 7.91. The van der Waals surface area contributed by atoms with Gasteiger partial charge >= 0.3 is 6.03 Å². The second kappa shape index (κ2) is 6.05. The maximum atomic E-state index is 12.1. The highest BCUT2D eigenvalue weighted by Gasteiger charge is 2.26. The summed E-state index contributed by atoms with van der Waals surface area (Å²) < 4.78 is 23.1. The maximum Gasteiger partial charge on any atom is 0.319 e. The number of hydrogen-bond acceptors (Lipinski definition) is 3. The van der Waals surface area contributed by atoms with Crippen LogP contribution in [0, 0.1) is 20.8 Å². The van der Waals surface area contributed by atoms with E-state index in [4.69, 9.17) is 0 Å². The fraction of sp³-hybridized carbons (Fsp3) is 0.533. The van der Waals surface area contributed by atoms with Crippen LogP contribution in [0.4, 0.5) is 10.5 Å². The molecule has 2 rings (SSSR count). The largest absolute Gasteiger partial charge is 0.334 e. The first-order chi connectivity index (χ1) is 9.77. The van der Waals surface area contributed by atoms with Crippen LogP contribution in [-0.2, 0) is 9.84 Å². The van der Waals surface area contributed by atoms with Gasteiger partial charge in [0.15, 0.2) is 9.84 Å². The summed E-state index contributed by atoms with van der Waals surface area (Å²) in [4.78, 5) is 12.1. The molecule has 0 saturated carbocycles. The summed E-state index contributed by atoms with van der Waals surface area (Å²) in [6, 6.07) is 3.38. The Balaban J connectivity index is 2.02. The quantitative estimate of drug-likeness (QED) is 0.880. The van der Waals surface area contributed by atoms with Crippen LogP contribution in [-0.4, -0.2) is 32.0 Å². The van der Waals surface area contributed by atoms with Crippen molar-refractivity contribution in [3.8, 4) is 0 Å². The lowest BCUT2D eigenvalue weighted by atomic mass is 10.1. The lowest BCUT2D eigenvalue weighted by molar-refractivity contribution is 0.248. The molecule has 1 atom stereocenters. The first kappa shape index (κ1) is 15.8.